The van der Waals surface area contributed by atoms with Gasteiger partial charge in [0.1, 0.15) is 6.04 Å². The molecule has 1 fully saturated rings. The lowest BCUT2D eigenvalue weighted by atomic mass is 9.87. The number of nitrogens with one attached hydrogen (secondary N) is 3. The molecule has 0 aromatic heterocycles. The summed E-state index contributed by atoms with van der Waals surface area (Å²) < 4.78 is 32.9. The fourth-order valence-corrected chi connectivity index (χ4v) is 5.63. The third-order valence-corrected chi connectivity index (χ3v) is 7.59. The van der Waals surface area contributed by atoms with Crippen molar-refractivity contribution in [2.75, 3.05) is 39.2 Å². The first kappa shape index (κ1) is 34.4. The minimum absolute atomic E-state index is 0.0366. The number of methoxy groups -OCH3 is 1. The maximum Gasteiger partial charge on any atom is 0.407 e. The Labute approximate surface area is 231 Å². The van der Waals surface area contributed by atoms with Crippen molar-refractivity contribution >= 4 is 54.2 Å². The van der Waals surface area contributed by atoms with Crippen molar-refractivity contribution in [3.63, 3.8) is 0 Å². The van der Waals surface area contributed by atoms with E-state index < -0.39 is 60.5 Å². The molecular weight excluding hydrogens is 557 g/mol. The maximum absolute atomic E-state index is 12.9. The van der Waals surface area contributed by atoms with Crippen LogP contribution in [0.1, 0.15) is 40.5 Å². The second kappa shape index (κ2) is 16.5. The Hall–Kier alpha value is -2.58. The van der Waals surface area contributed by atoms with E-state index in [9.17, 15) is 33.3 Å². The third kappa shape index (κ3) is 12.9. The molecule has 1 aliphatic rings. The Morgan fingerprint density at radius 3 is 2.46 bits per heavy atom. The molecule has 1 unspecified atom stereocenters. The van der Waals surface area contributed by atoms with Crippen molar-refractivity contribution in [1.29, 1.82) is 0 Å². The van der Waals surface area contributed by atoms with E-state index in [2.05, 4.69) is 25.2 Å². The highest BCUT2D eigenvalue weighted by atomic mass is 32.2. The molecule has 1 heterocycles. The van der Waals surface area contributed by atoms with Gasteiger partial charge in [-0.2, -0.15) is 0 Å². The number of carbonyl (C=O) groups is 6. The summed E-state index contributed by atoms with van der Waals surface area (Å²) in [5, 5.41) is 7.17. The van der Waals surface area contributed by atoms with Crippen molar-refractivity contribution < 1.29 is 51.9 Å². The summed E-state index contributed by atoms with van der Waals surface area (Å²) in [6.07, 6.45) is 0.293. The average Bonchev–Trinajstić information content (AvgIpc) is 2.86. The molecule has 39 heavy (non-hydrogen) atoms. The average molecular weight is 594 g/mol. The maximum atomic E-state index is 12.9. The van der Waals surface area contributed by atoms with Crippen LogP contribution in [0.5, 0.6) is 0 Å². The fraction of sp³-hybridized carbons (Fsp3) is 0.652. The quantitative estimate of drug-likeness (QED) is 0.0789. The number of allylic oxidation sites excluding steroid dienone is 1. The zero-order chi connectivity index (χ0) is 29.6. The molecule has 0 aromatic rings. The molecular formula is C23H36N3O11PS. The van der Waals surface area contributed by atoms with Gasteiger partial charge in [-0.1, -0.05) is 25.6 Å². The second-order valence-corrected chi connectivity index (χ2v) is 11.8. The van der Waals surface area contributed by atoms with Crippen molar-refractivity contribution in [2.45, 2.75) is 52.7 Å². The number of ether oxygens (including phenoxy) is 2. The lowest BCUT2D eigenvalue weighted by molar-refractivity contribution is -0.143. The van der Waals surface area contributed by atoms with Crippen LogP contribution in [0.15, 0.2) is 12.2 Å². The molecule has 1 rings (SSSR count). The van der Waals surface area contributed by atoms with Crippen LogP contribution in [0.3, 0.4) is 0 Å². The second-order valence-electron chi connectivity index (χ2n) is 8.96. The molecule has 0 bridgehead atoms. The van der Waals surface area contributed by atoms with Gasteiger partial charge in [-0.3, -0.25) is 33.0 Å². The summed E-state index contributed by atoms with van der Waals surface area (Å²) in [6, 6.07) is -1.00. The molecule has 1 aliphatic heterocycles. The summed E-state index contributed by atoms with van der Waals surface area (Å²) in [6.45, 7) is 6.60. The molecule has 0 saturated carbocycles. The van der Waals surface area contributed by atoms with Crippen molar-refractivity contribution in [2.24, 2.45) is 5.41 Å². The first-order chi connectivity index (χ1) is 18.2. The van der Waals surface area contributed by atoms with Gasteiger partial charge in [0.25, 0.3) is 0 Å². The largest absolute Gasteiger partial charge is 0.468 e. The summed E-state index contributed by atoms with van der Waals surface area (Å²) >= 11 is 0.861. The predicted octanol–water partition coefficient (Wildman–Crippen LogP) is 0.648. The highest BCUT2D eigenvalue weighted by Gasteiger charge is 2.48. The summed E-state index contributed by atoms with van der Waals surface area (Å²) in [5.41, 5.74) is -0.851. The van der Waals surface area contributed by atoms with E-state index >= 15 is 0 Å². The number of amides is 2. The predicted molar refractivity (Wildman–Crippen MR) is 140 cm³/mol. The summed E-state index contributed by atoms with van der Waals surface area (Å²) in [5.74, 6) is -2.66. The van der Waals surface area contributed by atoms with Gasteiger partial charge < -0.3 is 20.1 Å². The van der Waals surface area contributed by atoms with Crippen LogP contribution < -0.4 is 15.7 Å². The van der Waals surface area contributed by atoms with E-state index in [4.69, 9.17) is 9.05 Å². The summed E-state index contributed by atoms with van der Waals surface area (Å²) in [4.78, 5) is 71.1. The molecule has 3 atom stereocenters. The van der Waals surface area contributed by atoms with Crippen LogP contribution in [-0.4, -0.2) is 86.0 Å². The van der Waals surface area contributed by atoms with Gasteiger partial charge in [0.2, 0.25) is 11.8 Å². The monoisotopic (exact) mass is 593 g/mol. The van der Waals surface area contributed by atoms with Gasteiger partial charge in [0.05, 0.1) is 26.7 Å². The molecule has 220 valence electrons. The van der Waals surface area contributed by atoms with E-state index in [1.54, 1.807) is 20.8 Å². The number of carbonyl (C=O) groups excluding carboxylic acids is 6. The van der Waals surface area contributed by atoms with Crippen LogP contribution in [-0.2, 0) is 51.9 Å². The molecule has 1 saturated heterocycles. The molecule has 3 N–H and O–H groups in total. The number of esters is 2. The normalized spacial score (nSPS) is 21.0. The SMILES string of the molecule is CCOC(=O)/C=C/C(=O)CC(=O)SCCNC(=O)CCNC(=O)[C@@H]1OP(=O)(N[C@@H](C)C(=O)OC)OCC1(C)C. The molecule has 0 radical (unpaired) electrons. The lowest BCUT2D eigenvalue weighted by Gasteiger charge is -2.40. The Kier molecular flexibility index (Phi) is 14.6. The minimum atomic E-state index is -3.99. The minimum Gasteiger partial charge on any atom is -0.468 e. The number of rotatable bonds is 15. The molecule has 16 heteroatoms. The van der Waals surface area contributed by atoms with Gasteiger partial charge in [0.15, 0.2) is 17.0 Å². The topological polar surface area (TPSA) is 192 Å². The first-order valence-electron chi connectivity index (χ1n) is 12.1. The number of hydrogen-bond acceptors (Lipinski definition) is 12. The third-order valence-electron chi connectivity index (χ3n) is 5.05. The van der Waals surface area contributed by atoms with Crippen LogP contribution >= 0.6 is 19.5 Å². The molecule has 0 spiro atoms. The van der Waals surface area contributed by atoms with Crippen LogP contribution in [0, 0.1) is 5.41 Å². The van der Waals surface area contributed by atoms with Gasteiger partial charge in [0, 0.05) is 36.8 Å². The molecule has 14 nitrogen and oxygen atoms in total. The fourth-order valence-electron chi connectivity index (χ4n) is 3.02. The van der Waals surface area contributed by atoms with Gasteiger partial charge in [-0.05, 0) is 19.9 Å². The number of hydrogen-bond donors (Lipinski definition) is 3. The Morgan fingerprint density at radius 2 is 1.82 bits per heavy atom. The van der Waals surface area contributed by atoms with Crippen molar-refractivity contribution in [1.82, 2.24) is 15.7 Å². The Morgan fingerprint density at radius 1 is 1.13 bits per heavy atom. The van der Waals surface area contributed by atoms with E-state index in [0.29, 0.717) is 0 Å². The van der Waals surface area contributed by atoms with Crippen molar-refractivity contribution in [3.8, 4) is 0 Å². The van der Waals surface area contributed by atoms with Crippen LogP contribution in [0.4, 0.5) is 0 Å². The first-order valence-corrected chi connectivity index (χ1v) is 14.6. The van der Waals surface area contributed by atoms with Crippen molar-refractivity contribution in [3.05, 3.63) is 12.2 Å². The lowest BCUT2D eigenvalue weighted by Crippen LogP contribution is -2.51. The Bertz CT molecular complexity index is 1000. The zero-order valence-electron chi connectivity index (χ0n) is 22.6. The van der Waals surface area contributed by atoms with E-state index in [1.165, 1.54) is 14.0 Å². The van der Waals surface area contributed by atoms with Crippen LogP contribution in [0.25, 0.3) is 0 Å². The molecule has 0 aromatic carbocycles. The van der Waals surface area contributed by atoms with E-state index in [1.807, 2.05) is 0 Å². The van der Waals surface area contributed by atoms with Gasteiger partial charge in [-0.25, -0.2) is 14.4 Å². The highest BCUT2D eigenvalue weighted by molar-refractivity contribution is 8.13. The van der Waals surface area contributed by atoms with E-state index in [0.717, 1.165) is 23.9 Å². The zero-order valence-corrected chi connectivity index (χ0v) is 24.3. The van der Waals surface area contributed by atoms with E-state index in [-0.39, 0.29) is 44.4 Å². The number of thioether (sulfide) groups is 1. The number of ketones is 1. The molecule has 0 aliphatic carbocycles. The highest BCUT2D eigenvalue weighted by Crippen LogP contribution is 2.53. The van der Waals surface area contributed by atoms with Gasteiger partial charge in [-0.15, -0.1) is 0 Å². The van der Waals surface area contributed by atoms with Gasteiger partial charge >= 0.3 is 19.7 Å². The smallest absolute Gasteiger partial charge is 0.407 e. The van der Waals surface area contributed by atoms with Crippen LogP contribution in [0.2, 0.25) is 0 Å². The molecule has 2 amide bonds. The Balaban J connectivity index is 2.39. The summed E-state index contributed by atoms with van der Waals surface area (Å²) in [7, 11) is -2.82. The standard InChI is InChI=1S/C23H36N3O11PS/c1-6-35-18(29)8-7-16(27)13-19(30)39-12-11-24-17(28)9-10-25-21(31)20-23(3,4)14-36-38(33,37-20)26-15(2)22(32)34-5/h7-8,15,20H,6,9-14H2,1-5H3,(H,24,28)(H,25,31)(H,26,33)/b8-7+/t15-,20-,38?/m0/s1.